The molecule has 62 valence electrons. The predicted octanol–water partition coefficient (Wildman–Crippen LogP) is 1.88. The first-order valence-corrected chi connectivity index (χ1v) is 4.81. The normalized spacial score (nSPS) is 8.92. The van der Waals surface area contributed by atoms with Crippen molar-refractivity contribution in [2.75, 3.05) is 6.26 Å². The van der Waals surface area contributed by atoms with Crippen LogP contribution in [0, 0.1) is 18.8 Å². The van der Waals surface area contributed by atoms with Gasteiger partial charge in [-0.15, -0.1) is 0 Å². The number of hydrogen-bond acceptors (Lipinski definition) is 3. The number of aryl methyl sites for hydroxylation is 1. The minimum Gasteiger partial charge on any atom is -0.228 e. The Labute approximate surface area is 76.8 Å². The first kappa shape index (κ1) is 9.08. The lowest BCUT2D eigenvalue weighted by Gasteiger charge is -1.97. The van der Waals surface area contributed by atoms with Crippen molar-refractivity contribution in [3.05, 3.63) is 17.5 Å². The molecule has 0 aromatic carbocycles. The van der Waals surface area contributed by atoms with Gasteiger partial charge < -0.3 is 0 Å². The van der Waals surface area contributed by atoms with Crippen molar-refractivity contribution in [1.29, 1.82) is 0 Å². The van der Waals surface area contributed by atoms with Crippen molar-refractivity contribution in [3.63, 3.8) is 0 Å². The summed E-state index contributed by atoms with van der Waals surface area (Å²) < 4.78 is 0. The standard InChI is InChI=1S/C9H10N2S/c1-4-5-8-6-7(2)10-9(11-8)12-3/h6H,1-3H3. The van der Waals surface area contributed by atoms with E-state index in [0.29, 0.717) is 0 Å². The fourth-order valence-electron chi connectivity index (χ4n) is 0.825. The molecule has 0 amide bonds. The van der Waals surface area contributed by atoms with Gasteiger partial charge in [0.05, 0.1) is 0 Å². The maximum absolute atomic E-state index is 4.22. The lowest BCUT2D eigenvalue weighted by atomic mass is 10.3. The summed E-state index contributed by atoms with van der Waals surface area (Å²) in [6.07, 6.45) is 1.96. The Morgan fingerprint density at radius 1 is 1.42 bits per heavy atom. The molecule has 0 fully saturated rings. The molecule has 0 N–H and O–H groups in total. The van der Waals surface area contributed by atoms with Crippen LogP contribution in [0.4, 0.5) is 0 Å². The minimum atomic E-state index is 0.785. The molecule has 1 aromatic heterocycles. The summed E-state index contributed by atoms with van der Waals surface area (Å²) >= 11 is 1.53. The molecular formula is C9H10N2S. The van der Waals surface area contributed by atoms with Gasteiger partial charge in [0.25, 0.3) is 0 Å². The molecule has 0 unspecified atom stereocenters. The van der Waals surface area contributed by atoms with E-state index in [1.807, 2.05) is 19.2 Å². The van der Waals surface area contributed by atoms with E-state index in [4.69, 9.17) is 0 Å². The third-order valence-corrected chi connectivity index (χ3v) is 1.82. The summed E-state index contributed by atoms with van der Waals surface area (Å²) in [6, 6.07) is 1.89. The van der Waals surface area contributed by atoms with Crippen LogP contribution < -0.4 is 0 Å². The van der Waals surface area contributed by atoms with E-state index < -0.39 is 0 Å². The van der Waals surface area contributed by atoms with Crippen LogP contribution in [0.5, 0.6) is 0 Å². The largest absolute Gasteiger partial charge is 0.228 e. The van der Waals surface area contributed by atoms with Crippen molar-refractivity contribution in [1.82, 2.24) is 9.97 Å². The molecule has 0 aliphatic heterocycles. The van der Waals surface area contributed by atoms with Crippen molar-refractivity contribution in [2.24, 2.45) is 0 Å². The monoisotopic (exact) mass is 178 g/mol. The van der Waals surface area contributed by atoms with Gasteiger partial charge in [0.1, 0.15) is 5.69 Å². The molecule has 0 aliphatic carbocycles. The average molecular weight is 178 g/mol. The van der Waals surface area contributed by atoms with Crippen LogP contribution in [-0.2, 0) is 0 Å². The van der Waals surface area contributed by atoms with E-state index in [0.717, 1.165) is 16.5 Å². The second kappa shape index (κ2) is 4.13. The molecule has 2 nitrogen and oxygen atoms in total. The summed E-state index contributed by atoms with van der Waals surface area (Å²) in [5, 5.41) is 0.785. The van der Waals surface area contributed by atoms with Crippen LogP contribution in [0.2, 0.25) is 0 Å². The molecule has 0 spiro atoms. The van der Waals surface area contributed by atoms with E-state index in [1.165, 1.54) is 11.8 Å². The number of rotatable bonds is 1. The quantitative estimate of drug-likeness (QED) is 0.373. The van der Waals surface area contributed by atoms with Gasteiger partial charge >= 0.3 is 0 Å². The highest BCUT2D eigenvalue weighted by Crippen LogP contribution is 2.09. The lowest BCUT2D eigenvalue weighted by molar-refractivity contribution is 0.924. The van der Waals surface area contributed by atoms with Crippen LogP contribution >= 0.6 is 11.8 Å². The van der Waals surface area contributed by atoms with Gasteiger partial charge in [0, 0.05) is 5.69 Å². The van der Waals surface area contributed by atoms with Crippen LogP contribution in [0.15, 0.2) is 11.2 Å². The molecule has 0 saturated heterocycles. The Morgan fingerprint density at radius 3 is 2.75 bits per heavy atom. The summed E-state index contributed by atoms with van der Waals surface area (Å²) in [6.45, 7) is 3.75. The SMILES string of the molecule is CC#Cc1cc(C)nc(SC)n1. The Hall–Kier alpha value is -1.01. The molecule has 12 heavy (non-hydrogen) atoms. The maximum atomic E-state index is 4.22. The lowest BCUT2D eigenvalue weighted by Crippen LogP contribution is -1.92. The fourth-order valence-corrected chi connectivity index (χ4v) is 1.25. The third-order valence-electron chi connectivity index (χ3n) is 1.27. The molecule has 0 bridgehead atoms. The predicted molar refractivity (Wildman–Crippen MR) is 51.1 cm³/mol. The number of nitrogens with zero attached hydrogens (tertiary/aromatic N) is 2. The van der Waals surface area contributed by atoms with Crippen LogP contribution in [0.3, 0.4) is 0 Å². The van der Waals surface area contributed by atoms with Gasteiger partial charge in [-0.25, -0.2) is 9.97 Å². The highest BCUT2D eigenvalue weighted by atomic mass is 32.2. The van der Waals surface area contributed by atoms with Crippen molar-refractivity contribution >= 4 is 11.8 Å². The number of thioether (sulfide) groups is 1. The Balaban J connectivity index is 3.12. The third kappa shape index (κ3) is 2.24. The second-order valence-electron chi connectivity index (χ2n) is 2.26. The molecule has 0 saturated carbocycles. The zero-order valence-corrected chi connectivity index (χ0v) is 8.20. The maximum Gasteiger partial charge on any atom is 0.188 e. The highest BCUT2D eigenvalue weighted by Gasteiger charge is 1.97. The van der Waals surface area contributed by atoms with Gasteiger partial charge in [-0.2, -0.15) is 0 Å². The van der Waals surface area contributed by atoms with Gasteiger partial charge in [0.15, 0.2) is 5.16 Å². The van der Waals surface area contributed by atoms with E-state index in [9.17, 15) is 0 Å². The molecule has 3 heteroatoms. The topological polar surface area (TPSA) is 25.8 Å². The van der Waals surface area contributed by atoms with Crippen molar-refractivity contribution < 1.29 is 0 Å². The smallest absolute Gasteiger partial charge is 0.188 e. The molecule has 1 aromatic rings. The van der Waals surface area contributed by atoms with Crippen LogP contribution in [-0.4, -0.2) is 16.2 Å². The first-order chi connectivity index (χ1) is 5.76. The van der Waals surface area contributed by atoms with Gasteiger partial charge in [-0.1, -0.05) is 17.7 Å². The van der Waals surface area contributed by atoms with E-state index in [1.54, 1.807) is 6.92 Å². The van der Waals surface area contributed by atoms with E-state index in [-0.39, 0.29) is 0 Å². The number of aromatic nitrogens is 2. The average Bonchev–Trinajstić information content (AvgIpc) is 2.04. The summed E-state index contributed by atoms with van der Waals surface area (Å²) in [5.41, 5.74) is 1.77. The highest BCUT2D eigenvalue weighted by molar-refractivity contribution is 7.98. The van der Waals surface area contributed by atoms with Gasteiger partial charge in [-0.3, -0.25) is 0 Å². The first-order valence-electron chi connectivity index (χ1n) is 3.58. The van der Waals surface area contributed by atoms with E-state index in [2.05, 4.69) is 21.8 Å². The Kier molecular flexibility index (Phi) is 3.12. The summed E-state index contributed by atoms with van der Waals surface area (Å²) in [4.78, 5) is 8.44. The minimum absolute atomic E-state index is 0.785. The van der Waals surface area contributed by atoms with Crippen molar-refractivity contribution in [3.8, 4) is 11.8 Å². The molecule has 1 rings (SSSR count). The van der Waals surface area contributed by atoms with E-state index >= 15 is 0 Å². The van der Waals surface area contributed by atoms with Crippen molar-refractivity contribution in [2.45, 2.75) is 19.0 Å². The second-order valence-corrected chi connectivity index (χ2v) is 3.03. The Bertz CT molecular complexity index is 336. The molecule has 1 heterocycles. The fraction of sp³-hybridized carbons (Fsp3) is 0.333. The Morgan fingerprint density at radius 2 is 2.17 bits per heavy atom. The van der Waals surface area contributed by atoms with Gasteiger partial charge in [0.2, 0.25) is 0 Å². The molecule has 0 atom stereocenters. The van der Waals surface area contributed by atoms with Crippen LogP contribution in [0.1, 0.15) is 18.3 Å². The zero-order valence-electron chi connectivity index (χ0n) is 7.38. The zero-order chi connectivity index (χ0) is 8.97. The number of hydrogen-bond donors (Lipinski definition) is 0. The molecular weight excluding hydrogens is 168 g/mol. The molecule has 0 radical (unpaired) electrons. The molecule has 0 aliphatic rings. The van der Waals surface area contributed by atoms with Crippen LogP contribution in [0.25, 0.3) is 0 Å². The summed E-state index contributed by atoms with van der Waals surface area (Å²) in [5.74, 6) is 5.72. The summed E-state index contributed by atoms with van der Waals surface area (Å²) in [7, 11) is 0. The van der Waals surface area contributed by atoms with Gasteiger partial charge in [-0.05, 0) is 32.1 Å².